The number of nitrogens with one attached hydrogen (secondary N) is 1. The smallest absolute Gasteiger partial charge is 0.241 e. The van der Waals surface area contributed by atoms with Crippen LogP contribution in [0.1, 0.15) is 47.5 Å². The van der Waals surface area contributed by atoms with Crippen molar-refractivity contribution in [2.75, 3.05) is 6.54 Å². The molecule has 96 valence electrons. The summed E-state index contributed by atoms with van der Waals surface area (Å²) in [4.78, 5) is 14.4. The van der Waals surface area contributed by atoms with E-state index >= 15 is 0 Å². The van der Waals surface area contributed by atoms with Crippen LogP contribution in [0.2, 0.25) is 0 Å². The van der Waals surface area contributed by atoms with Crippen LogP contribution in [0.4, 0.5) is 0 Å². The zero-order valence-electron chi connectivity index (χ0n) is 11.5. The molecule has 1 N–H and O–H groups in total. The third-order valence-corrected chi connectivity index (χ3v) is 3.22. The molecule has 1 fully saturated rings. The predicted molar refractivity (Wildman–Crippen MR) is 67.3 cm³/mol. The Hall–Kier alpha value is -1.08. The fourth-order valence-corrected chi connectivity index (χ4v) is 2.69. The van der Waals surface area contributed by atoms with Crippen LogP contribution >= 0.6 is 0 Å². The van der Waals surface area contributed by atoms with Gasteiger partial charge < -0.3 is 10.2 Å². The van der Waals surface area contributed by atoms with E-state index in [0.29, 0.717) is 0 Å². The molecule has 0 bridgehead atoms. The molecule has 4 heteroatoms. The second-order valence-corrected chi connectivity index (χ2v) is 6.28. The van der Waals surface area contributed by atoms with Crippen LogP contribution in [-0.4, -0.2) is 34.5 Å². The Kier molecular flexibility index (Phi) is 3.83. The highest BCUT2D eigenvalue weighted by Gasteiger charge is 2.42. The second-order valence-electron chi connectivity index (χ2n) is 6.28. The SMILES string of the molecule is CC(C)(C)N1C(=O)C(CC#N)NCCC1(C)C. The van der Waals surface area contributed by atoms with E-state index in [-0.39, 0.29) is 29.4 Å². The van der Waals surface area contributed by atoms with Crippen molar-refractivity contribution in [3.63, 3.8) is 0 Å². The van der Waals surface area contributed by atoms with Crippen LogP contribution in [0.25, 0.3) is 0 Å². The van der Waals surface area contributed by atoms with E-state index in [4.69, 9.17) is 5.26 Å². The molecule has 0 radical (unpaired) electrons. The zero-order chi connectivity index (χ0) is 13.3. The standard InChI is InChI=1S/C13H23N3O/c1-12(2,3)16-11(17)10(6-8-14)15-9-7-13(16,4)5/h10,15H,6-7,9H2,1-5H3. The highest BCUT2D eigenvalue weighted by Crippen LogP contribution is 2.30. The van der Waals surface area contributed by atoms with E-state index in [0.717, 1.165) is 13.0 Å². The van der Waals surface area contributed by atoms with Gasteiger partial charge in [-0.2, -0.15) is 5.26 Å². The van der Waals surface area contributed by atoms with Gasteiger partial charge in [0, 0.05) is 11.1 Å². The summed E-state index contributed by atoms with van der Waals surface area (Å²) in [5.41, 5.74) is -0.396. The number of carbonyl (C=O) groups is 1. The molecule has 0 aromatic rings. The van der Waals surface area contributed by atoms with Crippen molar-refractivity contribution < 1.29 is 4.79 Å². The topological polar surface area (TPSA) is 56.1 Å². The lowest BCUT2D eigenvalue weighted by molar-refractivity contribution is -0.144. The van der Waals surface area contributed by atoms with Crippen LogP contribution in [0, 0.1) is 11.3 Å². The lowest BCUT2D eigenvalue weighted by Crippen LogP contribution is -2.59. The Balaban J connectivity index is 3.08. The van der Waals surface area contributed by atoms with Gasteiger partial charge in [0.05, 0.1) is 18.5 Å². The average molecular weight is 237 g/mol. The molecular weight excluding hydrogens is 214 g/mol. The number of carbonyl (C=O) groups excluding carboxylic acids is 1. The first-order chi connectivity index (χ1) is 7.70. The van der Waals surface area contributed by atoms with E-state index < -0.39 is 0 Å². The van der Waals surface area contributed by atoms with Gasteiger partial charge in [-0.15, -0.1) is 0 Å². The summed E-state index contributed by atoms with van der Waals surface area (Å²) in [6.45, 7) is 11.1. The van der Waals surface area contributed by atoms with E-state index in [2.05, 4.69) is 25.2 Å². The number of rotatable bonds is 1. The molecule has 17 heavy (non-hydrogen) atoms. The Morgan fingerprint density at radius 2 is 2.12 bits per heavy atom. The highest BCUT2D eigenvalue weighted by molar-refractivity contribution is 5.84. The van der Waals surface area contributed by atoms with Gasteiger partial charge in [-0.1, -0.05) is 0 Å². The molecule has 0 aliphatic carbocycles. The lowest BCUT2D eigenvalue weighted by Gasteiger charge is -2.46. The minimum Gasteiger partial charge on any atom is -0.331 e. The number of nitrogens with zero attached hydrogens (tertiary/aromatic N) is 2. The van der Waals surface area contributed by atoms with Crippen LogP contribution in [0.3, 0.4) is 0 Å². The number of amides is 1. The van der Waals surface area contributed by atoms with E-state index in [1.54, 1.807) is 0 Å². The lowest BCUT2D eigenvalue weighted by atomic mass is 9.91. The van der Waals surface area contributed by atoms with Gasteiger partial charge in [-0.3, -0.25) is 4.79 Å². The van der Waals surface area contributed by atoms with Gasteiger partial charge in [0.15, 0.2) is 0 Å². The molecule has 1 unspecified atom stereocenters. The molecule has 1 aliphatic heterocycles. The van der Waals surface area contributed by atoms with Crippen LogP contribution in [0.15, 0.2) is 0 Å². The van der Waals surface area contributed by atoms with E-state index in [1.807, 2.05) is 25.7 Å². The summed E-state index contributed by atoms with van der Waals surface area (Å²) in [5.74, 6) is 0.0431. The molecule has 4 nitrogen and oxygen atoms in total. The van der Waals surface area contributed by atoms with Crippen molar-refractivity contribution >= 4 is 5.91 Å². The van der Waals surface area contributed by atoms with Crippen LogP contribution in [0.5, 0.6) is 0 Å². The minimum absolute atomic E-state index is 0.0431. The first kappa shape index (κ1) is 14.0. The molecule has 1 rings (SSSR count). The second kappa shape index (κ2) is 4.66. The molecule has 0 saturated carbocycles. The summed E-state index contributed by atoms with van der Waals surface area (Å²) in [7, 11) is 0. The first-order valence-corrected chi connectivity index (χ1v) is 6.14. The van der Waals surface area contributed by atoms with Gasteiger partial charge in [0.1, 0.15) is 0 Å². The molecule has 0 spiro atoms. The molecule has 1 amide bonds. The fourth-order valence-electron chi connectivity index (χ4n) is 2.69. The quantitative estimate of drug-likeness (QED) is 0.754. The van der Waals surface area contributed by atoms with Gasteiger partial charge >= 0.3 is 0 Å². The molecule has 1 heterocycles. The number of hydrogen-bond donors (Lipinski definition) is 1. The molecule has 1 atom stereocenters. The summed E-state index contributed by atoms with van der Waals surface area (Å²) >= 11 is 0. The molecule has 1 saturated heterocycles. The fraction of sp³-hybridized carbons (Fsp3) is 0.846. The predicted octanol–water partition coefficient (Wildman–Crippen LogP) is 1.67. The summed E-state index contributed by atoms with van der Waals surface area (Å²) < 4.78 is 0. The first-order valence-electron chi connectivity index (χ1n) is 6.14. The Morgan fingerprint density at radius 3 is 2.59 bits per heavy atom. The van der Waals surface area contributed by atoms with Crippen molar-refractivity contribution in [1.82, 2.24) is 10.2 Å². The van der Waals surface area contributed by atoms with E-state index in [1.165, 1.54) is 0 Å². The average Bonchev–Trinajstić information content (AvgIpc) is 2.22. The number of hydrogen-bond acceptors (Lipinski definition) is 3. The maximum absolute atomic E-state index is 12.5. The Morgan fingerprint density at radius 1 is 1.53 bits per heavy atom. The van der Waals surface area contributed by atoms with Gasteiger partial charge in [0.2, 0.25) is 5.91 Å². The van der Waals surface area contributed by atoms with E-state index in [9.17, 15) is 4.79 Å². The molecular formula is C13H23N3O. The third kappa shape index (κ3) is 2.98. The third-order valence-electron chi connectivity index (χ3n) is 3.22. The molecule has 0 aromatic heterocycles. The van der Waals surface area contributed by atoms with Crippen LogP contribution in [-0.2, 0) is 4.79 Å². The maximum atomic E-state index is 12.5. The van der Waals surface area contributed by atoms with Crippen molar-refractivity contribution in [2.24, 2.45) is 0 Å². The van der Waals surface area contributed by atoms with Crippen LogP contribution < -0.4 is 5.32 Å². The molecule has 1 aliphatic rings. The zero-order valence-corrected chi connectivity index (χ0v) is 11.5. The number of nitriles is 1. The van der Waals surface area contributed by atoms with Crippen molar-refractivity contribution in [1.29, 1.82) is 5.26 Å². The molecule has 0 aromatic carbocycles. The maximum Gasteiger partial charge on any atom is 0.241 e. The Bertz CT molecular complexity index is 336. The van der Waals surface area contributed by atoms with Gasteiger partial charge in [-0.05, 0) is 47.6 Å². The highest BCUT2D eigenvalue weighted by atomic mass is 16.2. The van der Waals surface area contributed by atoms with Gasteiger partial charge in [-0.25, -0.2) is 0 Å². The van der Waals surface area contributed by atoms with Crippen molar-refractivity contribution in [2.45, 2.75) is 64.6 Å². The minimum atomic E-state index is -0.360. The summed E-state index contributed by atoms with van der Waals surface area (Å²) in [6, 6.07) is 1.72. The van der Waals surface area contributed by atoms with Crippen molar-refractivity contribution in [3.05, 3.63) is 0 Å². The monoisotopic (exact) mass is 237 g/mol. The summed E-state index contributed by atoms with van der Waals surface area (Å²) in [5, 5.41) is 12.0. The Labute approximate surface area is 104 Å². The largest absolute Gasteiger partial charge is 0.331 e. The van der Waals surface area contributed by atoms with Crippen molar-refractivity contribution in [3.8, 4) is 6.07 Å². The summed E-state index contributed by atoms with van der Waals surface area (Å²) in [6.07, 6.45) is 1.14. The van der Waals surface area contributed by atoms with Gasteiger partial charge in [0.25, 0.3) is 0 Å². The normalized spacial score (nSPS) is 25.3.